The molecule has 0 aliphatic heterocycles. The summed E-state index contributed by atoms with van der Waals surface area (Å²) in [6.45, 7) is 5.23. The second-order valence-corrected chi connectivity index (χ2v) is 4.76. The Morgan fingerprint density at radius 1 is 1.23 bits per heavy atom. The van der Waals surface area contributed by atoms with Crippen LogP contribution in [0.2, 0.25) is 0 Å². The zero-order valence-electron chi connectivity index (χ0n) is 13.0. The minimum Gasteiger partial charge on any atom is -0.481 e. The molecule has 0 bridgehead atoms. The quantitative estimate of drug-likeness (QED) is 0.790. The minimum absolute atomic E-state index is 0.0631. The average molecular weight is 303 g/mol. The van der Waals surface area contributed by atoms with Crippen molar-refractivity contribution in [2.75, 3.05) is 31.1 Å². The molecule has 0 saturated carbocycles. The van der Waals surface area contributed by atoms with Gasteiger partial charge in [-0.2, -0.15) is 5.26 Å². The highest BCUT2D eigenvalue weighted by Crippen LogP contribution is 2.20. The standard InChI is InChI=1S/C16H21N3O3/c1-3-18(4-2)15(20)12-19(10-9-16(21)22)14-8-6-5-7-13(14)11-17/h5-8H,3-4,9-10,12H2,1-2H3,(H,21,22). The van der Waals surface area contributed by atoms with E-state index >= 15 is 0 Å². The van der Waals surface area contributed by atoms with Crippen LogP contribution in [0.3, 0.4) is 0 Å². The molecule has 22 heavy (non-hydrogen) atoms. The van der Waals surface area contributed by atoms with Crippen LogP contribution in [0, 0.1) is 11.3 Å². The number of carboxylic acids is 1. The molecule has 6 nitrogen and oxygen atoms in total. The van der Waals surface area contributed by atoms with Gasteiger partial charge >= 0.3 is 5.97 Å². The summed E-state index contributed by atoms with van der Waals surface area (Å²) < 4.78 is 0. The van der Waals surface area contributed by atoms with Crippen LogP contribution in [0.5, 0.6) is 0 Å². The summed E-state index contributed by atoms with van der Waals surface area (Å²) in [5.41, 5.74) is 1.02. The summed E-state index contributed by atoms with van der Waals surface area (Å²) >= 11 is 0. The first-order valence-corrected chi connectivity index (χ1v) is 7.27. The molecular weight excluding hydrogens is 282 g/mol. The lowest BCUT2D eigenvalue weighted by molar-refractivity contribution is -0.137. The number of rotatable bonds is 8. The summed E-state index contributed by atoms with van der Waals surface area (Å²) in [5.74, 6) is -1.02. The molecule has 0 saturated heterocycles. The van der Waals surface area contributed by atoms with E-state index < -0.39 is 5.97 Å². The summed E-state index contributed by atoms with van der Waals surface area (Å²) in [5, 5.41) is 18.1. The van der Waals surface area contributed by atoms with Crippen molar-refractivity contribution in [2.24, 2.45) is 0 Å². The highest BCUT2D eigenvalue weighted by atomic mass is 16.4. The number of nitrogens with zero attached hydrogens (tertiary/aromatic N) is 3. The monoisotopic (exact) mass is 303 g/mol. The van der Waals surface area contributed by atoms with Crippen LogP contribution in [0.4, 0.5) is 5.69 Å². The van der Waals surface area contributed by atoms with Gasteiger partial charge in [-0.1, -0.05) is 12.1 Å². The van der Waals surface area contributed by atoms with Crippen molar-refractivity contribution in [1.82, 2.24) is 4.90 Å². The molecule has 0 spiro atoms. The maximum Gasteiger partial charge on any atom is 0.305 e. The number of nitriles is 1. The number of carboxylic acid groups (broad SMARTS) is 1. The molecule has 0 aliphatic rings. The lowest BCUT2D eigenvalue weighted by Crippen LogP contribution is -2.41. The summed E-state index contributed by atoms with van der Waals surface area (Å²) in [4.78, 5) is 26.5. The van der Waals surface area contributed by atoms with E-state index in [1.165, 1.54) is 0 Å². The van der Waals surface area contributed by atoms with Gasteiger partial charge in [-0.05, 0) is 26.0 Å². The summed E-state index contributed by atoms with van der Waals surface area (Å²) in [6, 6.07) is 8.98. The van der Waals surface area contributed by atoms with Gasteiger partial charge in [-0.15, -0.1) is 0 Å². The maximum atomic E-state index is 12.3. The molecule has 1 aromatic rings. The van der Waals surface area contributed by atoms with Gasteiger partial charge in [0.2, 0.25) is 5.91 Å². The molecule has 0 fully saturated rings. The third-order valence-corrected chi connectivity index (χ3v) is 3.40. The third kappa shape index (κ3) is 4.77. The van der Waals surface area contributed by atoms with Crippen molar-refractivity contribution in [1.29, 1.82) is 5.26 Å². The van der Waals surface area contributed by atoms with Crippen LogP contribution in [0.15, 0.2) is 24.3 Å². The average Bonchev–Trinajstić information content (AvgIpc) is 2.52. The number of para-hydroxylation sites is 1. The number of benzene rings is 1. The predicted molar refractivity (Wildman–Crippen MR) is 83.6 cm³/mol. The fraction of sp³-hybridized carbons (Fsp3) is 0.438. The Morgan fingerprint density at radius 2 is 1.86 bits per heavy atom. The lowest BCUT2D eigenvalue weighted by Gasteiger charge is -2.28. The highest BCUT2D eigenvalue weighted by molar-refractivity contribution is 5.82. The number of hydrogen-bond donors (Lipinski definition) is 1. The number of aliphatic carboxylic acids is 1. The van der Waals surface area contributed by atoms with E-state index in [2.05, 4.69) is 6.07 Å². The van der Waals surface area contributed by atoms with E-state index in [4.69, 9.17) is 5.11 Å². The molecule has 0 radical (unpaired) electrons. The fourth-order valence-electron chi connectivity index (χ4n) is 2.20. The molecule has 0 aromatic heterocycles. The van der Waals surface area contributed by atoms with Crippen LogP contribution in [-0.4, -0.2) is 48.1 Å². The number of hydrogen-bond acceptors (Lipinski definition) is 4. The first kappa shape index (κ1) is 17.5. The van der Waals surface area contributed by atoms with Gasteiger partial charge in [0.15, 0.2) is 0 Å². The Labute approximate surface area is 130 Å². The largest absolute Gasteiger partial charge is 0.481 e. The Hall–Kier alpha value is -2.55. The third-order valence-electron chi connectivity index (χ3n) is 3.40. The lowest BCUT2D eigenvalue weighted by atomic mass is 10.1. The Morgan fingerprint density at radius 3 is 2.41 bits per heavy atom. The molecule has 0 aliphatic carbocycles. The molecule has 118 valence electrons. The van der Waals surface area contributed by atoms with E-state index in [9.17, 15) is 14.9 Å². The number of amides is 1. The number of carbonyl (C=O) groups is 2. The Balaban J connectivity index is 3.00. The second kappa shape index (κ2) is 8.67. The topological polar surface area (TPSA) is 84.6 Å². The van der Waals surface area contributed by atoms with E-state index in [-0.39, 0.29) is 25.4 Å². The van der Waals surface area contributed by atoms with Gasteiger partial charge in [0, 0.05) is 19.6 Å². The first-order chi connectivity index (χ1) is 10.5. The Kier molecular flexibility index (Phi) is 6.90. The van der Waals surface area contributed by atoms with Crippen molar-refractivity contribution in [3.8, 4) is 6.07 Å². The summed E-state index contributed by atoms with van der Waals surface area (Å²) in [6.07, 6.45) is -0.0920. The molecule has 0 heterocycles. The van der Waals surface area contributed by atoms with Gasteiger partial charge in [0.1, 0.15) is 6.07 Å². The number of likely N-dealkylation sites (N-methyl/N-ethyl adjacent to an activating group) is 1. The fourth-order valence-corrected chi connectivity index (χ4v) is 2.20. The molecule has 0 atom stereocenters. The van der Waals surface area contributed by atoms with Crippen molar-refractivity contribution in [3.63, 3.8) is 0 Å². The van der Waals surface area contributed by atoms with Crippen LogP contribution in [0.25, 0.3) is 0 Å². The first-order valence-electron chi connectivity index (χ1n) is 7.27. The van der Waals surface area contributed by atoms with E-state index in [0.717, 1.165) is 0 Å². The number of anilines is 1. The van der Waals surface area contributed by atoms with Gasteiger partial charge in [-0.3, -0.25) is 9.59 Å². The van der Waals surface area contributed by atoms with Gasteiger partial charge < -0.3 is 14.9 Å². The molecule has 6 heteroatoms. The molecule has 0 unspecified atom stereocenters. The van der Waals surface area contributed by atoms with E-state index in [1.807, 2.05) is 13.8 Å². The predicted octanol–water partition coefficient (Wildman–Crippen LogP) is 1.71. The van der Waals surface area contributed by atoms with Crippen molar-refractivity contribution >= 4 is 17.6 Å². The van der Waals surface area contributed by atoms with E-state index in [1.54, 1.807) is 34.1 Å². The van der Waals surface area contributed by atoms with Crippen molar-refractivity contribution < 1.29 is 14.7 Å². The molecule has 1 rings (SSSR count). The summed E-state index contributed by atoms with van der Waals surface area (Å²) in [7, 11) is 0. The highest BCUT2D eigenvalue weighted by Gasteiger charge is 2.18. The number of carbonyl (C=O) groups excluding carboxylic acids is 1. The van der Waals surface area contributed by atoms with Crippen LogP contribution in [-0.2, 0) is 9.59 Å². The molecule has 1 amide bonds. The normalized spacial score (nSPS) is 9.86. The van der Waals surface area contributed by atoms with Crippen molar-refractivity contribution in [3.05, 3.63) is 29.8 Å². The second-order valence-electron chi connectivity index (χ2n) is 4.76. The van der Waals surface area contributed by atoms with E-state index in [0.29, 0.717) is 24.3 Å². The SMILES string of the molecule is CCN(CC)C(=O)CN(CCC(=O)O)c1ccccc1C#N. The van der Waals surface area contributed by atoms with Crippen molar-refractivity contribution in [2.45, 2.75) is 20.3 Å². The van der Waals surface area contributed by atoms with Gasteiger partial charge in [0.25, 0.3) is 0 Å². The van der Waals surface area contributed by atoms with Crippen LogP contribution in [0.1, 0.15) is 25.8 Å². The van der Waals surface area contributed by atoms with Gasteiger partial charge in [0.05, 0.1) is 24.2 Å². The maximum absolute atomic E-state index is 12.3. The minimum atomic E-state index is -0.935. The van der Waals surface area contributed by atoms with Crippen LogP contribution < -0.4 is 4.90 Å². The molecule has 1 N–H and O–H groups in total. The van der Waals surface area contributed by atoms with Gasteiger partial charge in [-0.25, -0.2) is 0 Å². The zero-order valence-corrected chi connectivity index (χ0v) is 13.0. The smallest absolute Gasteiger partial charge is 0.305 e. The molecule has 1 aromatic carbocycles. The zero-order chi connectivity index (χ0) is 16.5. The molecular formula is C16H21N3O3. The van der Waals surface area contributed by atoms with Crippen LogP contribution >= 0.6 is 0 Å². The Bertz CT molecular complexity index is 562.